The number of hydrogen-bond donors (Lipinski definition) is 0. The van der Waals surface area contributed by atoms with Crippen LogP contribution in [-0.2, 0) is 4.79 Å². The van der Waals surface area contributed by atoms with Crippen LogP contribution in [0, 0.1) is 12.8 Å². The average Bonchev–Trinajstić information content (AvgIpc) is 3.65. The van der Waals surface area contributed by atoms with Gasteiger partial charge in [-0.3, -0.25) is 4.79 Å². The molecule has 8 heteroatoms. The van der Waals surface area contributed by atoms with Crippen molar-refractivity contribution in [1.29, 1.82) is 0 Å². The number of carbonyl (C=O) groups is 1. The number of aryl methyl sites for hydroxylation is 1. The van der Waals surface area contributed by atoms with E-state index in [9.17, 15) is 4.79 Å². The number of rotatable bonds is 5. The van der Waals surface area contributed by atoms with Crippen molar-refractivity contribution >= 4 is 22.8 Å². The normalized spacial score (nSPS) is 17.0. The van der Waals surface area contributed by atoms with Gasteiger partial charge in [0.05, 0.1) is 23.9 Å². The fourth-order valence-electron chi connectivity index (χ4n) is 4.55. The summed E-state index contributed by atoms with van der Waals surface area (Å²) in [6.07, 6.45) is 3.20. The molecule has 1 saturated carbocycles. The van der Waals surface area contributed by atoms with Crippen LogP contribution in [0.1, 0.15) is 50.5 Å². The van der Waals surface area contributed by atoms with Gasteiger partial charge in [0.2, 0.25) is 5.91 Å². The molecular formula is C25H32N6O2. The maximum atomic E-state index is 12.6. The van der Waals surface area contributed by atoms with Crippen molar-refractivity contribution in [3.63, 3.8) is 0 Å². The molecule has 2 fully saturated rings. The third kappa shape index (κ3) is 4.14. The molecule has 0 N–H and O–H groups in total. The first kappa shape index (κ1) is 21.7. The number of methoxy groups -OCH3 is 1. The maximum Gasteiger partial charge on any atom is 0.225 e. The molecule has 174 valence electrons. The molecule has 3 heterocycles. The molecule has 3 aromatic rings. The summed E-state index contributed by atoms with van der Waals surface area (Å²) >= 11 is 0. The number of anilines is 1. The molecule has 0 radical (unpaired) electrons. The summed E-state index contributed by atoms with van der Waals surface area (Å²) < 4.78 is 7.24. The smallest absolute Gasteiger partial charge is 0.225 e. The number of ether oxygens (including phenoxy) is 1. The Kier molecular flexibility index (Phi) is 5.68. The van der Waals surface area contributed by atoms with Gasteiger partial charge in [0, 0.05) is 38.0 Å². The quantitative estimate of drug-likeness (QED) is 0.592. The number of carbonyl (C=O) groups excluding carboxylic acids is 1. The molecule has 1 aliphatic heterocycles. The summed E-state index contributed by atoms with van der Waals surface area (Å²) in [5, 5.41) is 5.86. The zero-order valence-corrected chi connectivity index (χ0v) is 19.9. The van der Waals surface area contributed by atoms with Gasteiger partial charge in [0.1, 0.15) is 17.4 Å². The maximum absolute atomic E-state index is 12.6. The number of fused-ring (bicyclic) bond motifs is 1. The van der Waals surface area contributed by atoms with Crippen LogP contribution in [0.2, 0.25) is 0 Å². The molecule has 33 heavy (non-hydrogen) atoms. The van der Waals surface area contributed by atoms with Crippen molar-refractivity contribution < 1.29 is 9.53 Å². The van der Waals surface area contributed by atoms with E-state index in [1.165, 1.54) is 0 Å². The average molecular weight is 449 g/mol. The highest BCUT2D eigenvalue weighted by atomic mass is 16.5. The molecule has 1 aliphatic carbocycles. The Morgan fingerprint density at radius 3 is 2.48 bits per heavy atom. The minimum absolute atomic E-state index is 0.0220. The van der Waals surface area contributed by atoms with E-state index in [0.717, 1.165) is 78.7 Å². The van der Waals surface area contributed by atoms with Crippen LogP contribution in [0.4, 0.5) is 5.82 Å². The monoisotopic (exact) mass is 448 g/mol. The first-order valence-corrected chi connectivity index (χ1v) is 11.9. The molecule has 1 saturated heterocycles. The van der Waals surface area contributed by atoms with Gasteiger partial charge in [-0.25, -0.2) is 14.6 Å². The SMILES string of the molecule is COc1ccc(-n2nc(C)c3c(N4CCCN(C(=O)C(C)C)CC4)nc(C4CC4)nc32)cc1. The number of benzene rings is 1. The van der Waals surface area contributed by atoms with Crippen molar-refractivity contribution in [2.24, 2.45) is 5.92 Å². The minimum atomic E-state index is 0.0220. The van der Waals surface area contributed by atoms with Crippen molar-refractivity contribution in [3.05, 3.63) is 35.8 Å². The Labute approximate surface area is 194 Å². The summed E-state index contributed by atoms with van der Waals surface area (Å²) in [6, 6.07) is 7.89. The molecule has 5 rings (SSSR count). The Bertz CT molecular complexity index is 1170. The topological polar surface area (TPSA) is 76.4 Å². The van der Waals surface area contributed by atoms with E-state index in [4.69, 9.17) is 19.8 Å². The zero-order chi connectivity index (χ0) is 23.1. The number of amides is 1. The Hall–Kier alpha value is -3.16. The third-order valence-corrected chi connectivity index (χ3v) is 6.56. The fourth-order valence-corrected chi connectivity index (χ4v) is 4.55. The second kappa shape index (κ2) is 8.65. The predicted octanol–water partition coefficient (Wildman–Crippen LogP) is 3.70. The van der Waals surface area contributed by atoms with E-state index in [2.05, 4.69) is 4.90 Å². The van der Waals surface area contributed by atoms with Crippen molar-refractivity contribution in [1.82, 2.24) is 24.6 Å². The molecule has 2 aliphatic rings. The largest absolute Gasteiger partial charge is 0.497 e. The van der Waals surface area contributed by atoms with Crippen LogP contribution in [0.3, 0.4) is 0 Å². The van der Waals surface area contributed by atoms with Gasteiger partial charge in [0.15, 0.2) is 5.65 Å². The lowest BCUT2D eigenvalue weighted by atomic mass is 10.2. The van der Waals surface area contributed by atoms with Gasteiger partial charge < -0.3 is 14.5 Å². The van der Waals surface area contributed by atoms with Crippen LogP contribution in [-0.4, -0.2) is 63.8 Å². The van der Waals surface area contributed by atoms with Crippen LogP contribution in [0.25, 0.3) is 16.7 Å². The van der Waals surface area contributed by atoms with E-state index in [1.54, 1.807) is 7.11 Å². The lowest BCUT2D eigenvalue weighted by Gasteiger charge is -2.24. The summed E-state index contributed by atoms with van der Waals surface area (Å²) in [5.41, 5.74) is 2.71. The van der Waals surface area contributed by atoms with Gasteiger partial charge in [-0.15, -0.1) is 0 Å². The van der Waals surface area contributed by atoms with Crippen LogP contribution >= 0.6 is 0 Å². The molecule has 2 aromatic heterocycles. The Morgan fingerprint density at radius 2 is 1.82 bits per heavy atom. The van der Waals surface area contributed by atoms with E-state index >= 15 is 0 Å². The van der Waals surface area contributed by atoms with Gasteiger partial charge in [-0.1, -0.05) is 13.8 Å². The predicted molar refractivity (Wildman–Crippen MR) is 128 cm³/mol. The van der Waals surface area contributed by atoms with Crippen molar-refractivity contribution in [3.8, 4) is 11.4 Å². The van der Waals surface area contributed by atoms with Gasteiger partial charge in [-0.2, -0.15) is 5.10 Å². The summed E-state index contributed by atoms with van der Waals surface area (Å²) in [7, 11) is 1.67. The van der Waals surface area contributed by atoms with Crippen LogP contribution in [0.15, 0.2) is 24.3 Å². The minimum Gasteiger partial charge on any atom is -0.497 e. The summed E-state index contributed by atoms with van der Waals surface area (Å²) in [4.78, 5) is 27.0. The molecule has 0 spiro atoms. The molecular weight excluding hydrogens is 416 g/mol. The van der Waals surface area contributed by atoms with Gasteiger partial charge in [-0.05, 0) is 50.5 Å². The van der Waals surface area contributed by atoms with Crippen molar-refractivity contribution in [2.45, 2.75) is 46.0 Å². The molecule has 0 atom stereocenters. The highest BCUT2D eigenvalue weighted by Crippen LogP contribution is 2.40. The third-order valence-electron chi connectivity index (χ3n) is 6.56. The molecule has 1 amide bonds. The van der Waals surface area contributed by atoms with E-state index in [1.807, 2.05) is 54.6 Å². The zero-order valence-electron chi connectivity index (χ0n) is 19.9. The van der Waals surface area contributed by atoms with Crippen LogP contribution in [0.5, 0.6) is 5.75 Å². The fraction of sp³-hybridized carbons (Fsp3) is 0.520. The second-order valence-corrected chi connectivity index (χ2v) is 9.39. The van der Waals surface area contributed by atoms with E-state index in [0.29, 0.717) is 12.5 Å². The highest BCUT2D eigenvalue weighted by molar-refractivity contribution is 5.91. The Morgan fingerprint density at radius 1 is 1.06 bits per heavy atom. The summed E-state index contributed by atoms with van der Waals surface area (Å²) in [6.45, 7) is 9.11. The number of nitrogens with zero attached hydrogens (tertiary/aromatic N) is 6. The first-order valence-electron chi connectivity index (χ1n) is 11.9. The van der Waals surface area contributed by atoms with Gasteiger partial charge in [0.25, 0.3) is 0 Å². The second-order valence-electron chi connectivity index (χ2n) is 9.39. The van der Waals surface area contributed by atoms with E-state index in [-0.39, 0.29) is 11.8 Å². The molecule has 0 unspecified atom stereocenters. The van der Waals surface area contributed by atoms with Gasteiger partial charge >= 0.3 is 0 Å². The number of hydrogen-bond acceptors (Lipinski definition) is 6. The van der Waals surface area contributed by atoms with Crippen molar-refractivity contribution in [2.75, 3.05) is 38.2 Å². The van der Waals surface area contributed by atoms with Crippen LogP contribution < -0.4 is 9.64 Å². The molecule has 8 nitrogen and oxygen atoms in total. The molecule has 0 bridgehead atoms. The lowest BCUT2D eigenvalue weighted by molar-refractivity contribution is -0.134. The highest BCUT2D eigenvalue weighted by Gasteiger charge is 2.31. The number of aromatic nitrogens is 4. The lowest BCUT2D eigenvalue weighted by Crippen LogP contribution is -2.37. The standard InChI is InChI=1S/C25H32N6O2/c1-16(2)25(32)30-13-5-12-29(14-15-30)23-21-17(3)28-31(19-8-10-20(33-4)11-9-19)24(21)27-22(26-23)18-6-7-18/h8-11,16,18H,5-7,12-15H2,1-4H3. The first-order chi connectivity index (χ1) is 16.0. The Balaban J connectivity index is 1.56. The summed E-state index contributed by atoms with van der Waals surface area (Å²) in [5.74, 6) is 3.36. The molecule has 1 aromatic carbocycles. The van der Waals surface area contributed by atoms with E-state index < -0.39 is 0 Å².